The molecule has 0 saturated carbocycles. The number of rotatable bonds is 14. The number of nitro benzene ring substituents is 1. The zero-order valence-electron chi connectivity index (χ0n) is 33.1. The van der Waals surface area contributed by atoms with Gasteiger partial charge in [0.25, 0.3) is 11.6 Å². The molecule has 4 aromatic rings. The summed E-state index contributed by atoms with van der Waals surface area (Å²) in [6.45, 7) is 13.2. The van der Waals surface area contributed by atoms with Crippen molar-refractivity contribution < 1.29 is 28.5 Å². The average molecular weight is 812 g/mol. The number of carbonyl (C=O) groups excluding carboxylic acids is 3. The third kappa shape index (κ3) is 9.10. The number of ether oxygens (including phenoxy) is 1. The van der Waals surface area contributed by atoms with Crippen molar-refractivity contribution in [1.29, 1.82) is 0 Å². The number of carbonyl (C=O) groups is 3. The molecule has 2 amide bonds. The van der Waals surface area contributed by atoms with Crippen molar-refractivity contribution in [2.45, 2.75) is 77.8 Å². The Morgan fingerprint density at radius 2 is 1.38 bits per heavy atom. The maximum atomic E-state index is 14.4. The summed E-state index contributed by atoms with van der Waals surface area (Å²) in [4.78, 5) is 54.4. The van der Waals surface area contributed by atoms with E-state index in [0.717, 1.165) is 27.9 Å². The van der Waals surface area contributed by atoms with E-state index < -0.39 is 43.5 Å². The molecule has 0 aromatic heterocycles. The number of amides is 2. The van der Waals surface area contributed by atoms with Crippen molar-refractivity contribution in [3.8, 4) is 0 Å². The summed E-state index contributed by atoms with van der Waals surface area (Å²) in [5.41, 5.74) is 1.10. The summed E-state index contributed by atoms with van der Waals surface area (Å²) in [6.07, 6.45) is -0.517. The van der Waals surface area contributed by atoms with E-state index in [4.69, 9.17) is 9.16 Å². The Morgan fingerprint density at radius 1 is 0.893 bits per heavy atom. The fraction of sp³-hybridized carbons (Fsp3) is 0.302. The van der Waals surface area contributed by atoms with Gasteiger partial charge in [-0.25, -0.2) is 4.79 Å². The molecule has 1 aliphatic rings. The Balaban J connectivity index is 1.50. The van der Waals surface area contributed by atoms with Gasteiger partial charge < -0.3 is 9.16 Å². The molecular formula is C43H50N3O7PSSi. The predicted octanol–water partition coefficient (Wildman–Crippen LogP) is 7.69. The Labute approximate surface area is 335 Å². The topological polar surface area (TPSA) is 128 Å². The lowest BCUT2D eigenvalue weighted by Gasteiger charge is -2.50. The van der Waals surface area contributed by atoms with Gasteiger partial charge in [-0.05, 0) is 96.9 Å². The van der Waals surface area contributed by atoms with Crippen molar-refractivity contribution in [2.24, 2.45) is 5.92 Å². The van der Waals surface area contributed by atoms with Crippen molar-refractivity contribution in [1.82, 2.24) is 9.62 Å². The van der Waals surface area contributed by atoms with Crippen LogP contribution in [0.3, 0.4) is 0 Å². The molecule has 4 aromatic carbocycles. The third-order valence-electron chi connectivity index (χ3n) is 10.4. The van der Waals surface area contributed by atoms with Crippen LogP contribution < -0.4 is 20.6 Å². The Hall–Kier alpha value is -4.74. The second kappa shape index (κ2) is 17.6. The van der Waals surface area contributed by atoms with E-state index in [-0.39, 0.29) is 34.8 Å². The van der Waals surface area contributed by atoms with Gasteiger partial charge in [0.05, 0.1) is 16.9 Å². The number of hydrogen-bond donors (Lipinski definition) is 1. The number of non-ortho nitro benzene ring substituents is 1. The lowest BCUT2D eigenvalue weighted by molar-refractivity contribution is -0.384. The number of likely N-dealkylation sites (tertiary alicyclic amines) is 1. The van der Waals surface area contributed by atoms with E-state index in [9.17, 15) is 24.5 Å². The van der Waals surface area contributed by atoms with Gasteiger partial charge in [-0.3, -0.25) is 29.3 Å². The highest BCUT2D eigenvalue weighted by Gasteiger charge is 2.56. The maximum absolute atomic E-state index is 14.4. The first-order valence-corrected chi connectivity index (χ1v) is 24.1. The molecule has 3 atom stereocenters. The van der Waals surface area contributed by atoms with Gasteiger partial charge >= 0.3 is 5.97 Å². The minimum atomic E-state index is -2.64. The first-order valence-electron chi connectivity index (χ1n) is 18.4. The van der Waals surface area contributed by atoms with Crippen LogP contribution in [0.2, 0.25) is 18.1 Å². The molecule has 1 aliphatic heterocycles. The SMILES string of the molecule is CC(C)=C(C(=O)OCc1ccc([N+](=O)[O-])cc1)N1C(=O)[C@H]([C@@H](C)O[Si](C)(C)C(C)(C)C)[C@H]1SNC(=O)C=P(c1ccccc1)(c1ccccc1)c1ccccc1. The number of β-lactam (4-membered cyclic amide) rings is 1. The lowest BCUT2D eigenvalue weighted by atomic mass is 9.91. The molecule has 0 aliphatic carbocycles. The molecule has 294 valence electrons. The van der Waals surface area contributed by atoms with Gasteiger partial charge in [0, 0.05) is 17.9 Å². The zero-order valence-corrected chi connectivity index (χ0v) is 35.8. The Bertz CT molecular complexity index is 2030. The zero-order chi connectivity index (χ0) is 40.8. The van der Waals surface area contributed by atoms with Crippen molar-refractivity contribution in [2.75, 3.05) is 0 Å². The van der Waals surface area contributed by atoms with Crippen LogP contribution >= 0.6 is 18.8 Å². The van der Waals surface area contributed by atoms with Gasteiger partial charge in [-0.1, -0.05) is 112 Å². The highest BCUT2D eigenvalue weighted by molar-refractivity contribution is 7.99. The van der Waals surface area contributed by atoms with Crippen LogP contribution in [0, 0.1) is 16.0 Å². The highest BCUT2D eigenvalue weighted by Crippen LogP contribution is 2.46. The Morgan fingerprint density at radius 3 is 1.80 bits per heavy atom. The molecule has 1 N–H and O–H groups in total. The predicted molar refractivity (Wildman–Crippen MR) is 230 cm³/mol. The number of nitro groups is 1. The van der Waals surface area contributed by atoms with E-state index in [0.29, 0.717) is 11.1 Å². The molecule has 5 rings (SSSR count). The summed E-state index contributed by atoms with van der Waals surface area (Å²) < 4.78 is 15.5. The Kier molecular flexibility index (Phi) is 13.3. The van der Waals surface area contributed by atoms with Gasteiger partial charge in [0.2, 0.25) is 5.91 Å². The van der Waals surface area contributed by atoms with Gasteiger partial charge in [-0.15, -0.1) is 0 Å². The number of nitrogens with zero attached hydrogens (tertiary/aromatic N) is 2. The second-order valence-corrected chi connectivity index (χ2v) is 24.4. The minimum Gasteiger partial charge on any atom is -0.456 e. The molecule has 1 fully saturated rings. The van der Waals surface area contributed by atoms with Crippen molar-refractivity contribution in [3.63, 3.8) is 0 Å². The van der Waals surface area contributed by atoms with E-state index in [1.165, 1.54) is 29.2 Å². The maximum Gasteiger partial charge on any atom is 0.355 e. The van der Waals surface area contributed by atoms with E-state index in [1.54, 1.807) is 19.6 Å². The number of nitrogens with one attached hydrogen (secondary N) is 1. The molecular weight excluding hydrogens is 762 g/mol. The van der Waals surface area contributed by atoms with Crippen molar-refractivity contribution in [3.05, 3.63) is 142 Å². The van der Waals surface area contributed by atoms with Crippen LogP contribution in [-0.4, -0.2) is 53.2 Å². The molecule has 0 spiro atoms. The first-order chi connectivity index (χ1) is 26.5. The molecule has 56 heavy (non-hydrogen) atoms. The standard InChI is InChI=1S/C43H50N3O7PSSi/c1-30(2)39(42(49)52-28-32-24-26-33(27-25-32)46(50)51)45-40(48)38(31(3)53-56(7,8)43(4,5)6)41(45)55-44-37(47)29-54(34-18-12-9-13-19-34,35-20-14-10-15-21-35)36-22-16-11-17-23-36/h9-27,29,31,38,41H,28H2,1-8H3,(H,44,47)/t31-,38+,41-/m1/s1. The summed E-state index contributed by atoms with van der Waals surface area (Å²) in [5, 5.41) is 13.3. The minimum absolute atomic E-state index is 0.0723. The molecule has 0 unspecified atom stereocenters. The van der Waals surface area contributed by atoms with Crippen LogP contribution in [-0.2, 0) is 30.2 Å². The molecule has 0 bridgehead atoms. The van der Waals surface area contributed by atoms with Gasteiger partial charge in [0.1, 0.15) is 17.7 Å². The van der Waals surface area contributed by atoms with Crippen LogP contribution in [0.4, 0.5) is 5.69 Å². The normalized spacial score (nSPS) is 16.3. The van der Waals surface area contributed by atoms with E-state index >= 15 is 0 Å². The summed E-state index contributed by atoms with van der Waals surface area (Å²) in [5.74, 6) is -0.261. The van der Waals surface area contributed by atoms with Gasteiger partial charge in [0.15, 0.2) is 8.32 Å². The first kappa shape index (κ1) is 42.4. The summed E-state index contributed by atoms with van der Waals surface area (Å²) in [6, 6.07) is 35.8. The molecule has 1 heterocycles. The monoisotopic (exact) mass is 811 g/mol. The van der Waals surface area contributed by atoms with E-state index in [2.05, 4.69) is 75.0 Å². The number of esters is 1. The lowest BCUT2D eigenvalue weighted by Crippen LogP contribution is -2.65. The molecule has 10 nitrogen and oxygen atoms in total. The van der Waals surface area contributed by atoms with Crippen LogP contribution in [0.25, 0.3) is 0 Å². The van der Waals surface area contributed by atoms with Crippen LogP contribution in [0.5, 0.6) is 0 Å². The van der Waals surface area contributed by atoms with Gasteiger partial charge in [-0.2, -0.15) is 0 Å². The summed E-state index contributed by atoms with van der Waals surface area (Å²) in [7, 11) is -2.33. The summed E-state index contributed by atoms with van der Waals surface area (Å²) >= 11 is 1.08. The molecule has 1 saturated heterocycles. The van der Waals surface area contributed by atoms with E-state index in [1.807, 2.05) is 61.5 Å². The van der Waals surface area contributed by atoms with Crippen LogP contribution in [0.15, 0.2) is 127 Å². The molecule has 0 radical (unpaired) electrons. The third-order valence-corrected chi connectivity index (χ3v) is 20.0. The quantitative estimate of drug-likeness (QED) is 0.0201. The average Bonchev–Trinajstić information content (AvgIpc) is 3.16. The smallest absolute Gasteiger partial charge is 0.355 e. The van der Waals surface area contributed by atoms with Crippen molar-refractivity contribution >= 4 is 72.3 Å². The fourth-order valence-electron chi connectivity index (χ4n) is 6.45. The number of benzene rings is 4. The largest absolute Gasteiger partial charge is 0.456 e. The molecule has 13 heteroatoms. The number of hydrogen-bond acceptors (Lipinski definition) is 8. The highest BCUT2D eigenvalue weighted by atomic mass is 32.2. The number of allylic oxidation sites excluding steroid dienone is 1. The van der Waals surface area contributed by atoms with Crippen LogP contribution in [0.1, 0.15) is 47.1 Å². The second-order valence-electron chi connectivity index (χ2n) is 15.5. The fourth-order valence-corrected chi connectivity index (χ4v) is 12.7.